The highest BCUT2D eigenvalue weighted by Gasteiger charge is 2.41. The lowest BCUT2D eigenvalue weighted by atomic mass is 9.92. The van der Waals surface area contributed by atoms with Crippen LogP contribution in [0.3, 0.4) is 0 Å². The maximum atomic E-state index is 12.2. The molecule has 0 aromatic carbocycles. The van der Waals surface area contributed by atoms with Gasteiger partial charge in [-0.2, -0.15) is 0 Å². The lowest BCUT2D eigenvalue weighted by Gasteiger charge is -2.22. The van der Waals surface area contributed by atoms with Gasteiger partial charge in [0.05, 0.1) is 5.60 Å². The molecule has 6 heteroatoms. The topological polar surface area (TPSA) is 93.8 Å². The fraction of sp³-hybridized carbons (Fsp3) is 0.533. The Bertz CT molecular complexity index is 506. The van der Waals surface area contributed by atoms with Crippen molar-refractivity contribution < 1.29 is 14.3 Å². The molecular formula is C15H23N3O3. The van der Waals surface area contributed by atoms with Gasteiger partial charge in [-0.25, -0.2) is 0 Å². The van der Waals surface area contributed by atoms with Gasteiger partial charge in [-0.15, -0.1) is 0 Å². The highest BCUT2D eigenvalue weighted by Crippen LogP contribution is 2.35. The SMILES string of the molecule is C=N/C(=C\C(=C/C)NC(=O)C1CC(C)C(C)(C)O1)C(N)=O. The average molecular weight is 293 g/mol. The van der Waals surface area contributed by atoms with E-state index in [-0.39, 0.29) is 23.1 Å². The van der Waals surface area contributed by atoms with Gasteiger partial charge in [0, 0.05) is 5.70 Å². The number of primary amides is 1. The van der Waals surface area contributed by atoms with E-state index in [9.17, 15) is 9.59 Å². The summed E-state index contributed by atoms with van der Waals surface area (Å²) < 4.78 is 5.76. The first-order valence-electron chi connectivity index (χ1n) is 6.84. The molecule has 0 radical (unpaired) electrons. The van der Waals surface area contributed by atoms with Gasteiger partial charge >= 0.3 is 0 Å². The molecule has 2 unspecified atom stereocenters. The second-order valence-corrected chi connectivity index (χ2v) is 5.63. The van der Waals surface area contributed by atoms with E-state index in [2.05, 4.69) is 24.0 Å². The van der Waals surface area contributed by atoms with E-state index in [4.69, 9.17) is 10.5 Å². The number of allylic oxidation sites excluding steroid dienone is 2. The van der Waals surface area contributed by atoms with E-state index < -0.39 is 12.0 Å². The standard InChI is InChI=1S/C15H23N3O3/c1-6-10(8-11(17-5)13(16)19)18-14(20)12-7-9(2)15(3,4)21-12/h6,8-9,12H,5,7H2,1-4H3,(H2,16,19)(H,18,20)/b10-6+,11-8-. The number of nitrogens with two attached hydrogens (primary N) is 1. The second kappa shape index (κ2) is 6.67. The molecule has 1 fully saturated rings. The fourth-order valence-electron chi connectivity index (χ4n) is 2.05. The summed E-state index contributed by atoms with van der Waals surface area (Å²) >= 11 is 0. The minimum absolute atomic E-state index is 0.00978. The first-order valence-corrected chi connectivity index (χ1v) is 6.84. The third-order valence-electron chi connectivity index (χ3n) is 3.79. The lowest BCUT2D eigenvalue weighted by Crippen LogP contribution is -2.35. The molecule has 1 aliphatic rings. The van der Waals surface area contributed by atoms with Crippen LogP contribution in [0.4, 0.5) is 0 Å². The highest BCUT2D eigenvalue weighted by molar-refractivity contribution is 5.93. The Morgan fingerprint density at radius 3 is 2.48 bits per heavy atom. The van der Waals surface area contributed by atoms with E-state index >= 15 is 0 Å². The average Bonchev–Trinajstić information content (AvgIpc) is 2.68. The Morgan fingerprint density at radius 1 is 1.48 bits per heavy atom. The van der Waals surface area contributed by atoms with E-state index in [0.29, 0.717) is 12.1 Å². The van der Waals surface area contributed by atoms with Gasteiger partial charge in [-0.05, 0) is 45.9 Å². The van der Waals surface area contributed by atoms with Crippen LogP contribution in [0.25, 0.3) is 0 Å². The van der Waals surface area contributed by atoms with Crippen molar-refractivity contribution in [3.63, 3.8) is 0 Å². The normalized spacial score (nSPS) is 25.5. The zero-order valence-electron chi connectivity index (χ0n) is 13.0. The molecule has 0 aliphatic carbocycles. The van der Waals surface area contributed by atoms with Crippen LogP contribution in [0.15, 0.2) is 28.5 Å². The summed E-state index contributed by atoms with van der Waals surface area (Å²) in [7, 11) is 0. The molecule has 3 N–H and O–H groups in total. The molecule has 2 atom stereocenters. The maximum Gasteiger partial charge on any atom is 0.267 e. The molecule has 1 rings (SSSR count). The van der Waals surface area contributed by atoms with Crippen LogP contribution in [-0.2, 0) is 14.3 Å². The van der Waals surface area contributed by atoms with Gasteiger partial charge in [0.1, 0.15) is 11.8 Å². The molecule has 2 amide bonds. The molecule has 1 heterocycles. The molecule has 0 spiro atoms. The summed E-state index contributed by atoms with van der Waals surface area (Å²) in [6.07, 6.45) is 3.18. The van der Waals surface area contributed by atoms with E-state index in [1.165, 1.54) is 6.08 Å². The van der Waals surface area contributed by atoms with E-state index in [0.717, 1.165) is 0 Å². The second-order valence-electron chi connectivity index (χ2n) is 5.63. The quantitative estimate of drug-likeness (QED) is 0.454. The van der Waals surface area contributed by atoms with Gasteiger partial charge in [0.25, 0.3) is 11.8 Å². The Hall–Kier alpha value is -1.95. The minimum atomic E-state index is -0.703. The third-order valence-corrected chi connectivity index (χ3v) is 3.79. The largest absolute Gasteiger partial charge is 0.364 e. The van der Waals surface area contributed by atoms with Crippen molar-refractivity contribution in [2.45, 2.75) is 45.8 Å². The minimum Gasteiger partial charge on any atom is -0.364 e. The zero-order chi connectivity index (χ0) is 16.2. The number of hydrogen-bond acceptors (Lipinski definition) is 4. The van der Waals surface area contributed by atoms with Crippen LogP contribution < -0.4 is 11.1 Å². The summed E-state index contributed by atoms with van der Waals surface area (Å²) in [5.74, 6) is -0.663. The van der Waals surface area contributed by atoms with E-state index in [1.54, 1.807) is 13.0 Å². The van der Waals surface area contributed by atoms with Crippen LogP contribution in [0.5, 0.6) is 0 Å². The predicted octanol–water partition coefficient (Wildman–Crippen LogP) is 1.28. The monoisotopic (exact) mass is 293 g/mol. The number of aliphatic imine (C=N–C) groups is 1. The number of nitrogens with one attached hydrogen (secondary N) is 1. The third kappa shape index (κ3) is 4.26. The van der Waals surface area contributed by atoms with Gasteiger partial charge in [0.2, 0.25) is 0 Å². The summed E-state index contributed by atoms with van der Waals surface area (Å²) in [4.78, 5) is 26.9. The van der Waals surface area contributed by atoms with Crippen LogP contribution in [0, 0.1) is 5.92 Å². The van der Waals surface area contributed by atoms with Gasteiger partial charge in [-0.3, -0.25) is 14.6 Å². The van der Waals surface area contributed by atoms with Gasteiger partial charge in [-0.1, -0.05) is 13.0 Å². The van der Waals surface area contributed by atoms with Crippen molar-refractivity contribution in [1.82, 2.24) is 5.32 Å². The zero-order valence-corrected chi connectivity index (χ0v) is 13.0. The van der Waals surface area contributed by atoms with Crippen LogP contribution in [0.1, 0.15) is 34.1 Å². The fourth-order valence-corrected chi connectivity index (χ4v) is 2.05. The molecule has 116 valence electrons. The van der Waals surface area contributed by atoms with E-state index in [1.807, 2.05) is 13.8 Å². The Labute approximate surface area is 125 Å². The number of carbonyl (C=O) groups is 2. The number of nitrogens with zero attached hydrogens (tertiary/aromatic N) is 1. The molecule has 0 bridgehead atoms. The molecule has 1 saturated heterocycles. The first kappa shape index (κ1) is 17.1. The Kier molecular flexibility index (Phi) is 5.43. The summed E-state index contributed by atoms with van der Waals surface area (Å²) in [6, 6.07) is 0. The smallest absolute Gasteiger partial charge is 0.267 e. The number of amides is 2. The number of hydrogen-bond donors (Lipinski definition) is 2. The summed E-state index contributed by atoms with van der Waals surface area (Å²) in [5, 5.41) is 2.71. The molecule has 0 saturated carbocycles. The van der Waals surface area contributed by atoms with Crippen molar-refractivity contribution in [2.75, 3.05) is 0 Å². The van der Waals surface area contributed by atoms with Crippen LogP contribution >= 0.6 is 0 Å². The van der Waals surface area contributed by atoms with Crippen molar-refractivity contribution in [3.8, 4) is 0 Å². The number of carbonyl (C=O) groups excluding carboxylic acids is 2. The van der Waals surface area contributed by atoms with Gasteiger partial charge in [0.15, 0.2) is 0 Å². The number of ether oxygens (including phenoxy) is 1. The Balaban J connectivity index is 2.78. The van der Waals surface area contributed by atoms with Gasteiger partial charge < -0.3 is 15.8 Å². The molecule has 6 nitrogen and oxygen atoms in total. The Morgan fingerprint density at radius 2 is 2.10 bits per heavy atom. The van der Waals surface area contributed by atoms with Crippen molar-refractivity contribution in [1.29, 1.82) is 0 Å². The first-order chi connectivity index (χ1) is 9.71. The lowest BCUT2D eigenvalue weighted by molar-refractivity contribution is -0.135. The van der Waals surface area contributed by atoms with Crippen LogP contribution in [-0.4, -0.2) is 30.2 Å². The maximum absolute atomic E-state index is 12.2. The molecule has 21 heavy (non-hydrogen) atoms. The van der Waals surface area contributed by atoms with Crippen molar-refractivity contribution in [3.05, 3.63) is 23.5 Å². The molecule has 0 aromatic rings. The predicted molar refractivity (Wildman–Crippen MR) is 81.5 cm³/mol. The van der Waals surface area contributed by atoms with Crippen molar-refractivity contribution in [2.24, 2.45) is 16.6 Å². The summed E-state index contributed by atoms with van der Waals surface area (Å²) in [5.41, 5.74) is 5.25. The van der Waals surface area contributed by atoms with Crippen LogP contribution in [0.2, 0.25) is 0 Å². The molecule has 1 aliphatic heterocycles. The highest BCUT2D eigenvalue weighted by atomic mass is 16.5. The molecular weight excluding hydrogens is 270 g/mol. The van der Waals surface area contributed by atoms with Crippen molar-refractivity contribution >= 4 is 18.5 Å². The summed E-state index contributed by atoms with van der Waals surface area (Å²) in [6.45, 7) is 11.0. The number of rotatable bonds is 5. The molecule has 0 aromatic heterocycles.